The van der Waals surface area contributed by atoms with E-state index in [-0.39, 0.29) is 11.9 Å². The summed E-state index contributed by atoms with van der Waals surface area (Å²) in [6.07, 6.45) is 4.01. The normalized spacial score (nSPS) is 15.3. The summed E-state index contributed by atoms with van der Waals surface area (Å²) in [5.74, 6) is 0.0401. The first kappa shape index (κ1) is 20.4. The number of carbonyl (C=O) groups is 2. The van der Waals surface area contributed by atoms with Crippen molar-refractivity contribution in [1.29, 1.82) is 0 Å². The van der Waals surface area contributed by atoms with Crippen LogP contribution in [0.1, 0.15) is 50.9 Å². The molecule has 4 nitrogen and oxygen atoms in total. The SMILES string of the molecule is CCC1CCc2c(sc(NC(=O)c3ccc(-c4ccccc4)cc3)c2C(=O)OC)C1. The third-order valence-corrected chi connectivity index (χ3v) is 6.99. The molecule has 0 fully saturated rings. The molecule has 1 aliphatic rings. The van der Waals surface area contributed by atoms with E-state index in [4.69, 9.17) is 4.74 Å². The van der Waals surface area contributed by atoms with Crippen LogP contribution in [0.5, 0.6) is 0 Å². The molecular formula is C25H25NO3S. The van der Waals surface area contributed by atoms with Crippen LogP contribution in [0.3, 0.4) is 0 Å². The highest BCUT2D eigenvalue weighted by molar-refractivity contribution is 7.17. The van der Waals surface area contributed by atoms with Crippen molar-refractivity contribution in [3.8, 4) is 11.1 Å². The quantitative estimate of drug-likeness (QED) is 0.519. The first-order valence-electron chi connectivity index (χ1n) is 10.3. The van der Waals surface area contributed by atoms with Crippen molar-refractivity contribution in [3.05, 3.63) is 76.2 Å². The van der Waals surface area contributed by atoms with E-state index in [1.54, 1.807) is 0 Å². The van der Waals surface area contributed by atoms with Gasteiger partial charge in [0.2, 0.25) is 0 Å². The second-order valence-electron chi connectivity index (χ2n) is 7.61. The van der Waals surface area contributed by atoms with E-state index in [2.05, 4.69) is 12.2 Å². The molecule has 1 aliphatic carbocycles. The van der Waals surface area contributed by atoms with Gasteiger partial charge in [-0.3, -0.25) is 4.79 Å². The summed E-state index contributed by atoms with van der Waals surface area (Å²) in [4.78, 5) is 26.6. The number of ether oxygens (including phenoxy) is 1. The lowest BCUT2D eigenvalue weighted by Gasteiger charge is -2.20. The number of methoxy groups -OCH3 is 1. The monoisotopic (exact) mass is 419 g/mol. The number of hydrogen-bond donors (Lipinski definition) is 1. The first-order chi connectivity index (χ1) is 14.6. The number of fused-ring (bicyclic) bond motifs is 1. The van der Waals surface area contributed by atoms with Crippen molar-refractivity contribution in [2.45, 2.75) is 32.6 Å². The second-order valence-corrected chi connectivity index (χ2v) is 8.72. The lowest BCUT2D eigenvalue weighted by atomic mass is 9.85. The molecule has 1 aromatic heterocycles. The summed E-state index contributed by atoms with van der Waals surface area (Å²) in [5.41, 5.74) is 4.30. The lowest BCUT2D eigenvalue weighted by molar-refractivity contribution is 0.0601. The Morgan fingerprint density at radius 1 is 1.07 bits per heavy atom. The van der Waals surface area contributed by atoms with Gasteiger partial charge in [0, 0.05) is 10.4 Å². The van der Waals surface area contributed by atoms with Gasteiger partial charge < -0.3 is 10.1 Å². The summed E-state index contributed by atoms with van der Waals surface area (Å²) in [7, 11) is 1.39. The molecule has 4 rings (SSSR count). The lowest BCUT2D eigenvalue weighted by Crippen LogP contribution is -2.16. The molecule has 154 valence electrons. The van der Waals surface area contributed by atoms with E-state index < -0.39 is 0 Å². The van der Waals surface area contributed by atoms with Crippen LogP contribution in [-0.4, -0.2) is 19.0 Å². The van der Waals surface area contributed by atoms with Gasteiger partial charge in [-0.15, -0.1) is 11.3 Å². The van der Waals surface area contributed by atoms with Crippen LogP contribution in [-0.2, 0) is 17.6 Å². The van der Waals surface area contributed by atoms with Crippen LogP contribution in [0.4, 0.5) is 5.00 Å². The third kappa shape index (κ3) is 4.03. The van der Waals surface area contributed by atoms with Crippen LogP contribution in [0.15, 0.2) is 54.6 Å². The topological polar surface area (TPSA) is 55.4 Å². The van der Waals surface area contributed by atoms with E-state index >= 15 is 0 Å². The molecule has 30 heavy (non-hydrogen) atoms. The number of anilines is 1. The highest BCUT2D eigenvalue weighted by Crippen LogP contribution is 2.41. The van der Waals surface area contributed by atoms with Gasteiger partial charge in [0.15, 0.2) is 0 Å². The van der Waals surface area contributed by atoms with Crippen molar-refractivity contribution in [2.75, 3.05) is 12.4 Å². The Kier molecular flexibility index (Phi) is 6.00. The van der Waals surface area contributed by atoms with Gasteiger partial charge >= 0.3 is 5.97 Å². The van der Waals surface area contributed by atoms with Crippen molar-refractivity contribution in [2.24, 2.45) is 5.92 Å². The molecule has 1 amide bonds. The number of nitrogens with one attached hydrogen (secondary N) is 1. The van der Waals surface area contributed by atoms with Crippen molar-refractivity contribution >= 4 is 28.2 Å². The highest BCUT2D eigenvalue weighted by Gasteiger charge is 2.29. The maximum absolute atomic E-state index is 12.9. The molecule has 0 saturated heterocycles. The maximum atomic E-state index is 12.9. The standard InChI is InChI=1S/C25H25NO3S/c1-3-16-9-14-20-21(15-16)30-24(22(20)25(28)29-2)26-23(27)19-12-10-18(11-13-19)17-7-5-4-6-8-17/h4-8,10-13,16H,3,9,14-15H2,1-2H3,(H,26,27). The molecular weight excluding hydrogens is 394 g/mol. The van der Waals surface area contributed by atoms with E-state index in [0.717, 1.165) is 42.4 Å². The molecule has 2 aromatic carbocycles. The average Bonchev–Trinajstić information content (AvgIpc) is 3.16. The van der Waals surface area contributed by atoms with Gasteiger partial charge in [0.25, 0.3) is 5.91 Å². The van der Waals surface area contributed by atoms with Gasteiger partial charge in [-0.2, -0.15) is 0 Å². The summed E-state index contributed by atoms with van der Waals surface area (Å²) in [6.45, 7) is 2.20. The molecule has 1 atom stereocenters. The van der Waals surface area contributed by atoms with Gasteiger partial charge in [-0.05, 0) is 54.0 Å². The van der Waals surface area contributed by atoms with Crippen molar-refractivity contribution in [1.82, 2.24) is 0 Å². The Labute approximate surface area is 180 Å². The Balaban J connectivity index is 1.58. The molecule has 0 bridgehead atoms. The van der Waals surface area contributed by atoms with E-state index in [0.29, 0.717) is 22.0 Å². The van der Waals surface area contributed by atoms with E-state index in [9.17, 15) is 9.59 Å². The summed E-state index contributed by atoms with van der Waals surface area (Å²) < 4.78 is 5.02. The van der Waals surface area contributed by atoms with Gasteiger partial charge in [0.05, 0.1) is 12.7 Å². The Morgan fingerprint density at radius 2 is 1.77 bits per heavy atom. The fourth-order valence-electron chi connectivity index (χ4n) is 4.03. The predicted octanol–water partition coefficient (Wildman–Crippen LogP) is 5.97. The number of carbonyl (C=O) groups excluding carboxylic acids is 2. The van der Waals surface area contributed by atoms with Crippen LogP contribution in [0, 0.1) is 5.92 Å². The van der Waals surface area contributed by atoms with Crippen LogP contribution >= 0.6 is 11.3 Å². The number of thiophene rings is 1. The summed E-state index contributed by atoms with van der Waals surface area (Å²) in [6, 6.07) is 17.6. The highest BCUT2D eigenvalue weighted by atomic mass is 32.1. The Bertz CT molecular complexity index is 1050. The molecule has 0 saturated carbocycles. The van der Waals surface area contributed by atoms with Gasteiger partial charge in [-0.1, -0.05) is 55.8 Å². The molecule has 0 radical (unpaired) electrons. The van der Waals surface area contributed by atoms with Crippen molar-refractivity contribution < 1.29 is 14.3 Å². The predicted molar refractivity (Wildman–Crippen MR) is 121 cm³/mol. The van der Waals surface area contributed by atoms with Crippen LogP contribution in [0.2, 0.25) is 0 Å². The smallest absolute Gasteiger partial charge is 0.341 e. The summed E-state index contributed by atoms with van der Waals surface area (Å²) in [5, 5.41) is 3.57. The fraction of sp³-hybridized carbons (Fsp3) is 0.280. The Morgan fingerprint density at radius 3 is 2.43 bits per heavy atom. The van der Waals surface area contributed by atoms with Crippen LogP contribution < -0.4 is 5.32 Å². The number of amides is 1. The van der Waals surface area contributed by atoms with Gasteiger partial charge in [-0.25, -0.2) is 4.79 Å². The van der Waals surface area contributed by atoms with Crippen LogP contribution in [0.25, 0.3) is 11.1 Å². The minimum Gasteiger partial charge on any atom is -0.465 e. The number of benzene rings is 2. The number of hydrogen-bond acceptors (Lipinski definition) is 4. The summed E-state index contributed by atoms with van der Waals surface area (Å²) >= 11 is 1.52. The van der Waals surface area contributed by atoms with E-state index in [1.807, 2.05) is 54.6 Å². The maximum Gasteiger partial charge on any atom is 0.341 e. The zero-order valence-electron chi connectivity index (χ0n) is 17.2. The molecule has 1 unspecified atom stereocenters. The molecule has 1 N–H and O–H groups in total. The van der Waals surface area contributed by atoms with Gasteiger partial charge in [0.1, 0.15) is 5.00 Å². The molecule has 5 heteroatoms. The fourth-order valence-corrected chi connectivity index (χ4v) is 5.37. The molecule has 1 heterocycles. The Hall–Kier alpha value is -2.92. The average molecular weight is 420 g/mol. The van der Waals surface area contributed by atoms with Crippen molar-refractivity contribution in [3.63, 3.8) is 0 Å². The minimum absolute atomic E-state index is 0.217. The largest absolute Gasteiger partial charge is 0.465 e. The number of rotatable bonds is 5. The van der Waals surface area contributed by atoms with E-state index in [1.165, 1.54) is 23.3 Å². The molecule has 0 spiro atoms. The second kappa shape index (κ2) is 8.84. The minimum atomic E-state index is -0.378. The zero-order chi connectivity index (χ0) is 21.1. The zero-order valence-corrected chi connectivity index (χ0v) is 18.1. The number of esters is 1. The molecule has 0 aliphatic heterocycles. The first-order valence-corrected chi connectivity index (χ1v) is 11.1. The third-order valence-electron chi connectivity index (χ3n) is 5.82. The molecule has 3 aromatic rings.